The van der Waals surface area contributed by atoms with Crippen molar-refractivity contribution in [2.75, 3.05) is 12.4 Å². The van der Waals surface area contributed by atoms with Crippen molar-refractivity contribution in [2.24, 2.45) is 0 Å². The van der Waals surface area contributed by atoms with E-state index in [1.165, 1.54) is 11.1 Å². The first-order chi connectivity index (χ1) is 10.5. The number of nitrogens with one attached hydrogen (secondary N) is 1. The second-order valence-electron chi connectivity index (χ2n) is 5.88. The van der Waals surface area contributed by atoms with Gasteiger partial charge in [-0.1, -0.05) is 36.4 Å². The van der Waals surface area contributed by atoms with E-state index in [4.69, 9.17) is 0 Å². The number of hydrogen-bond acceptors (Lipinski definition) is 2. The van der Waals surface area contributed by atoms with Crippen LogP contribution in [0.4, 0.5) is 5.69 Å². The molecule has 0 aliphatic heterocycles. The van der Waals surface area contributed by atoms with Gasteiger partial charge in [0.2, 0.25) is 5.91 Å². The van der Waals surface area contributed by atoms with Gasteiger partial charge in [-0.2, -0.15) is 0 Å². The standard InChI is InChI=1S/C19H24N2O/c1-14-8-7-11-18(12-14)20-19(22)16(3)21(4)13-17-10-6-5-9-15(17)2/h5-12,16H,13H2,1-4H3,(H,20,22). The van der Waals surface area contributed by atoms with Gasteiger partial charge >= 0.3 is 0 Å². The first kappa shape index (κ1) is 16.2. The van der Waals surface area contributed by atoms with Crippen molar-refractivity contribution in [1.29, 1.82) is 0 Å². The molecule has 1 unspecified atom stereocenters. The smallest absolute Gasteiger partial charge is 0.241 e. The summed E-state index contributed by atoms with van der Waals surface area (Å²) in [6.45, 7) is 6.81. The summed E-state index contributed by atoms with van der Waals surface area (Å²) in [5.41, 5.74) is 4.49. The Kier molecular flexibility index (Phi) is 5.34. The molecule has 0 aromatic heterocycles. The van der Waals surface area contributed by atoms with Crippen molar-refractivity contribution >= 4 is 11.6 Å². The Labute approximate surface area is 133 Å². The summed E-state index contributed by atoms with van der Waals surface area (Å²) in [4.78, 5) is 14.5. The largest absolute Gasteiger partial charge is 0.325 e. The van der Waals surface area contributed by atoms with Crippen LogP contribution in [0.3, 0.4) is 0 Å². The number of rotatable bonds is 5. The van der Waals surface area contributed by atoms with E-state index in [0.717, 1.165) is 17.8 Å². The summed E-state index contributed by atoms with van der Waals surface area (Å²) < 4.78 is 0. The summed E-state index contributed by atoms with van der Waals surface area (Å²) in [7, 11) is 1.98. The number of nitrogens with zero attached hydrogens (tertiary/aromatic N) is 1. The number of amides is 1. The van der Waals surface area contributed by atoms with Crippen molar-refractivity contribution in [3.8, 4) is 0 Å². The van der Waals surface area contributed by atoms with Crippen LogP contribution >= 0.6 is 0 Å². The van der Waals surface area contributed by atoms with Crippen LogP contribution in [0.25, 0.3) is 0 Å². The Bertz CT molecular complexity index is 651. The van der Waals surface area contributed by atoms with E-state index in [2.05, 4.69) is 29.3 Å². The van der Waals surface area contributed by atoms with E-state index < -0.39 is 0 Å². The zero-order chi connectivity index (χ0) is 16.1. The maximum absolute atomic E-state index is 12.4. The lowest BCUT2D eigenvalue weighted by atomic mass is 10.1. The fourth-order valence-corrected chi connectivity index (χ4v) is 2.36. The van der Waals surface area contributed by atoms with Crippen LogP contribution in [0.5, 0.6) is 0 Å². The van der Waals surface area contributed by atoms with Crippen LogP contribution in [0, 0.1) is 13.8 Å². The maximum Gasteiger partial charge on any atom is 0.241 e. The third kappa shape index (κ3) is 4.18. The lowest BCUT2D eigenvalue weighted by Gasteiger charge is -2.24. The SMILES string of the molecule is Cc1cccc(NC(=O)C(C)N(C)Cc2ccccc2C)c1. The molecule has 116 valence electrons. The van der Waals surface area contributed by atoms with Crippen LogP contribution in [-0.4, -0.2) is 23.9 Å². The zero-order valence-electron chi connectivity index (χ0n) is 13.8. The van der Waals surface area contributed by atoms with Gasteiger partial charge in [-0.3, -0.25) is 9.69 Å². The van der Waals surface area contributed by atoms with E-state index in [1.54, 1.807) is 0 Å². The summed E-state index contributed by atoms with van der Waals surface area (Å²) in [6, 6.07) is 15.9. The molecule has 0 aliphatic rings. The topological polar surface area (TPSA) is 32.3 Å². The quantitative estimate of drug-likeness (QED) is 0.911. The molecule has 3 nitrogen and oxygen atoms in total. The second-order valence-corrected chi connectivity index (χ2v) is 5.88. The molecule has 0 saturated carbocycles. The Morgan fingerprint density at radius 1 is 1.14 bits per heavy atom. The van der Waals surface area contributed by atoms with Crippen molar-refractivity contribution in [1.82, 2.24) is 4.90 Å². The predicted molar refractivity (Wildman–Crippen MR) is 91.9 cm³/mol. The monoisotopic (exact) mass is 296 g/mol. The number of benzene rings is 2. The van der Waals surface area contributed by atoms with E-state index in [-0.39, 0.29) is 11.9 Å². The first-order valence-electron chi connectivity index (χ1n) is 7.59. The second kappa shape index (κ2) is 7.23. The molecular weight excluding hydrogens is 272 g/mol. The maximum atomic E-state index is 12.4. The summed E-state index contributed by atoms with van der Waals surface area (Å²) in [5, 5.41) is 2.98. The molecule has 0 aliphatic carbocycles. The predicted octanol–water partition coefficient (Wildman–Crippen LogP) is 3.76. The third-order valence-corrected chi connectivity index (χ3v) is 4.01. The molecule has 2 rings (SSSR count). The van der Waals surface area contributed by atoms with Crippen molar-refractivity contribution in [2.45, 2.75) is 33.4 Å². The minimum atomic E-state index is -0.194. The van der Waals surface area contributed by atoms with Gasteiger partial charge in [-0.25, -0.2) is 0 Å². The van der Waals surface area contributed by atoms with Crippen molar-refractivity contribution in [3.05, 3.63) is 65.2 Å². The Morgan fingerprint density at radius 3 is 2.55 bits per heavy atom. The van der Waals surface area contributed by atoms with Gasteiger partial charge in [0, 0.05) is 12.2 Å². The Morgan fingerprint density at radius 2 is 1.86 bits per heavy atom. The Hall–Kier alpha value is -2.13. The number of anilines is 1. The molecule has 0 radical (unpaired) electrons. The molecular formula is C19H24N2O. The van der Waals surface area contributed by atoms with Gasteiger partial charge in [0.15, 0.2) is 0 Å². The van der Waals surface area contributed by atoms with Gasteiger partial charge in [-0.05, 0) is 56.6 Å². The molecule has 1 atom stereocenters. The highest BCUT2D eigenvalue weighted by molar-refractivity contribution is 5.94. The molecule has 0 spiro atoms. The molecule has 0 bridgehead atoms. The lowest BCUT2D eigenvalue weighted by molar-refractivity contribution is -0.120. The highest BCUT2D eigenvalue weighted by atomic mass is 16.2. The van der Waals surface area contributed by atoms with Crippen molar-refractivity contribution in [3.63, 3.8) is 0 Å². The highest BCUT2D eigenvalue weighted by Gasteiger charge is 2.18. The number of hydrogen-bond donors (Lipinski definition) is 1. The molecule has 0 saturated heterocycles. The molecule has 2 aromatic rings. The number of carbonyl (C=O) groups is 1. The molecule has 3 heteroatoms. The highest BCUT2D eigenvalue weighted by Crippen LogP contribution is 2.14. The normalized spacial score (nSPS) is 12.2. The average molecular weight is 296 g/mol. The van der Waals surface area contributed by atoms with Crippen LogP contribution in [0.2, 0.25) is 0 Å². The van der Waals surface area contributed by atoms with Gasteiger partial charge in [0.1, 0.15) is 0 Å². The third-order valence-electron chi connectivity index (χ3n) is 4.01. The van der Waals surface area contributed by atoms with Crippen LogP contribution in [-0.2, 0) is 11.3 Å². The van der Waals surface area contributed by atoms with E-state index in [9.17, 15) is 4.79 Å². The molecule has 2 aromatic carbocycles. The number of carbonyl (C=O) groups excluding carboxylic acids is 1. The minimum Gasteiger partial charge on any atom is -0.325 e. The van der Waals surface area contributed by atoms with Crippen LogP contribution in [0.1, 0.15) is 23.6 Å². The van der Waals surface area contributed by atoms with Gasteiger partial charge in [0.25, 0.3) is 0 Å². The molecule has 1 N–H and O–H groups in total. The summed E-state index contributed by atoms with van der Waals surface area (Å²) >= 11 is 0. The van der Waals surface area contributed by atoms with Gasteiger partial charge < -0.3 is 5.32 Å². The fourth-order valence-electron chi connectivity index (χ4n) is 2.36. The van der Waals surface area contributed by atoms with Gasteiger partial charge in [0.05, 0.1) is 6.04 Å². The van der Waals surface area contributed by atoms with E-state index in [0.29, 0.717) is 0 Å². The molecule has 22 heavy (non-hydrogen) atoms. The van der Waals surface area contributed by atoms with Crippen LogP contribution < -0.4 is 5.32 Å². The first-order valence-corrected chi connectivity index (χ1v) is 7.59. The molecule has 1 amide bonds. The fraction of sp³-hybridized carbons (Fsp3) is 0.316. The number of aryl methyl sites for hydroxylation is 2. The minimum absolute atomic E-state index is 0.0154. The van der Waals surface area contributed by atoms with Crippen molar-refractivity contribution < 1.29 is 4.79 Å². The lowest BCUT2D eigenvalue weighted by Crippen LogP contribution is -2.39. The number of likely N-dealkylation sites (N-methyl/N-ethyl adjacent to an activating group) is 1. The van der Waals surface area contributed by atoms with Gasteiger partial charge in [-0.15, -0.1) is 0 Å². The summed E-state index contributed by atoms with van der Waals surface area (Å²) in [5.74, 6) is 0.0154. The summed E-state index contributed by atoms with van der Waals surface area (Å²) in [6.07, 6.45) is 0. The average Bonchev–Trinajstić information content (AvgIpc) is 2.48. The van der Waals surface area contributed by atoms with E-state index in [1.807, 2.05) is 57.3 Å². The Balaban J connectivity index is 1.99. The van der Waals surface area contributed by atoms with Crippen LogP contribution in [0.15, 0.2) is 48.5 Å². The van der Waals surface area contributed by atoms with E-state index >= 15 is 0 Å². The zero-order valence-corrected chi connectivity index (χ0v) is 13.8. The molecule has 0 heterocycles. The molecule has 0 fully saturated rings.